The SMILES string of the molecule is COCc1cc([N+](=O)[O-])ccc1NC(=O)[C@@H]1C[C@H]1C. The fraction of sp³-hybridized carbons (Fsp3) is 0.462. The molecule has 0 aliphatic heterocycles. The Labute approximate surface area is 110 Å². The van der Waals surface area contributed by atoms with Crippen LogP contribution in [0.3, 0.4) is 0 Å². The van der Waals surface area contributed by atoms with Crippen LogP contribution in [0.15, 0.2) is 18.2 Å². The molecule has 102 valence electrons. The molecule has 0 aromatic heterocycles. The smallest absolute Gasteiger partial charge is 0.269 e. The monoisotopic (exact) mass is 264 g/mol. The number of hydrogen-bond donors (Lipinski definition) is 1. The van der Waals surface area contributed by atoms with Crippen molar-refractivity contribution >= 4 is 17.3 Å². The third-order valence-corrected chi connectivity index (χ3v) is 3.30. The van der Waals surface area contributed by atoms with Gasteiger partial charge in [-0.25, -0.2) is 0 Å². The normalized spacial score (nSPS) is 20.9. The maximum atomic E-state index is 11.9. The maximum Gasteiger partial charge on any atom is 0.269 e. The number of methoxy groups -OCH3 is 1. The maximum absolute atomic E-state index is 11.9. The van der Waals surface area contributed by atoms with E-state index in [2.05, 4.69) is 5.32 Å². The molecule has 19 heavy (non-hydrogen) atoms. The number of ether oxygens (including phenoxy) is 1. The molecule has 1 aliphatic carbocycles. The van der Waals surface area contributed by atoms with Gasteiger partial charge in [-0.2, -0.15) is 0 Å². The van der Waals surface area contributed by atoms with E-state index in [4.69, 9.17) is 4.74 Å². The van der Waals surface area contributed by atoms with Crippen molar-refractivity contribution in [2.24, 2.45) is 11.8 Å². The van der Waals surface area contributed by atoms with Gasteiger partial charge in [-0.3, -0.25) is 14.9 Å². The molecule has 1 saturated carbocycles. The molecule has 1 fully saturated rings. The van der Waals surface area contributed by atoms with E-state index in [1.54, 1.807) is 6.07 Å². The zero-order chi connectivity index (χ0) is 14.0. The molecule has 0 saturated heterocycles. The van der Waals surface area contributed by atoms with Gasteiger partial charge in [0, 0.05) is 36.4 Å². The summed E-state index contributed by atoms with van der Waals surface area (Å²) in [5.41, 5.74) is 1.18. The van der Waals surface area contributed by atoms with Crippen LogP contribution in [0.5, 0.6) is 0 Å². The second-order valence-corrected chi connectivity index (χ2v) is 4.84. The summed E-state index contributed by atoms with van der Waals surface area (Å²) in [4.78, 5) is 22.1. The first-order chi connectivity index (χ1) is 9.02. The van der Waals surface area contributed by atoms with Crippen LogP contribution in [0.4, 0.5) is 11.4 Å². The molecule has 1 N–H and O–H groups in total. The van der Waals surface area contributed by atoms with Crippen LogP contribution in [0.1, 0.15) is 18.9 Å². The lowest BCUT2D eigenvalue weighted by molar-refractivity contribution is -0.384. The van der Waals surface area contributed by atoms with E-state index in [0.717, 1.165) is 6.42 Å². The molecule has 2 atom stereocenters. The van der Waals surface area contributed by atoms with Gasteiger partial charge in [-0.1, -0.05) is 6.92 Å². The van der Waals surface area contributed by atoms with E-state index < -0.39 is 4.92 Å². The lowest BCUT2D eigenvalue weighted by Crippen LogP contribution is -2.16. The first kappa shape index (κ1) is 13.5. The van der Waals surface area contributed by atoms with Crippen molar-refractivity contribution < 1.29 is 14.5 Å². The Bertz CT molecular complexity index is 515. The van der Waals surface area contributed by atoms with Gasteiger partial charge in [0.15, 0.2) is 0 Å². The second-order valence-electron chi connectivity index (χ2n) is 4.84. The number of carbonyl (C=O) groups is 1. The van der Waals surface area contributed by atoms with Gasteiger partial charge >= 0.3 is 0 Å². The molecule has 6 nitrogen and oxygen atoms in total. The minimum absolute atomic E-state index is 0.00941. The first-order valence-corrected chi connectivity index (χ1v) is 6.10. The molecule has 1 aromatic rings. The third-order valence-electron chi connectivity index (χ3n) is 3.30. The summed E-state index contributed by atoms with van der Waals surface area (Å²) in [6.45, 7) is 2.24. The molecule has 2 rings (SSSR count). The molecule has 1 aliphatic rings. The van der Waals surface area contributed by atoms with Gasteiger partial charge in [-0.15, -0.1) is 0 Å². The van der Waals surface area contributed by atoms with Crippen molar-refractivity contribution in [2.45, 2.75) is 20.0 Å². The van der Waals surface area contributed by atoms with E-state index in [9.17, 15) is 14.9 Å². The number of anilines is 1. The van der Waals surface area contributed by atoms with Gasteiger partial charge < -0.3 is 10.1 Å². The zero-order valence-corrected chi connectivity index (χ0v) is 10.9. The van der Waals surface area contributed by atoms with E-state index in [0.29, 0.717) is 17.2 Å². The number of nitrogens with zero attached hydrogens (tertiary/aromatic N) is 1. The van der Waals surface area contributed by atoms with E-state index in [1.807, 2.05) is 6.92 Å². The molecule has 1 amide bonds. The Hall–Kier alpha value is -1.95. The van der Waals surface area contributed by atoms with Crippen molar-refractivity contribution in [3.63, 3.8) is 0 Å². The third kappa shape index (κ3) is 3.08. The molecular formula is C13H16N2O4. The van der Waals surface area contributed by atoms with Crippen LogP contribution in [0.25, 0.3) is 0 Å². The van der Waals surface area contributed by atoms with Crippen molar-refractivity contribution in [3.05, 3.63) is 33.9 Å². The average molecular weight is 264 g/mol. The van der Waals surface area contributed by atoms with E-state index >= 15 is 0 Å². The molecule has 0 heterocycles. The van der Waals surface area contributed by atoms with Crippen molar-refractivity contribution in [1.29, 1.82) is 0 Å². The number of nitro groups is 1. The number of hydrogen-bond acceptors (Lipinski definition) is 4. The van der Waals surface area contributed by atoms with Gasteiger partial charge in [0.05, 0.1) is 11.5 Å². The van der Waals surface area contributed by atoms with Crippen molar-refractivity contribution in [3.8, 4) is 0 Å². The van der Waals surface area contributed by atoms with Gasteiger partial charge in [0.25, 0.3) is 5.69 Å². The molecule has 1 aromatic carbocycles. The second kappa shape index (κ2) is 5.36. The fourth-order valence-corrected chi connectivity index (χ4v) is 2.00. The van der Waals surface area contributed by atoms with Gasteiger partial charge in [0.2, 0.25) is 5.91 Å². The predicted molar refractivity (Wildman–Crippen MR) is 69.7 cm³/mol. The number of rotatable bonds is 5. The molecule has 0 radical (unpaired) electrons. The Morgan fingerprint density at radius 1 is 1.58 bits per heavy atom. The number of nitro benzene ring substituents is 1. The highest BCUT2D eigenvalue weighted by Gasteiger charge is 2.39. The van der Waals surface area contributed by atoms with Gasteiger partial charge in [-0.05, 0) is 18.4 Å². The Morgan fingerprint density at radius 3 is 2.79 bits per heavy atom. The number of amides is 1. The molecule has 0 bridgehead atoms. The predicted octanol–water partition coefficient (Wildman–Crippen LogP) is 2.34. The van der Waals surface area contributed by atoms with Crippen molar-refractivity contribution in [1.82, 2.24) is 0 Å². The Kier molecular flexibility index (Phi) is 3.80. The summed E-state index contributed by atoms with van der Waals surface area (Å²) in [5, 5.41) is 13.5. The Balaban J connectivity index is 2.18. The number of non-ortho nitro benzene ring substituents is 1. The summed E-state index contributed by atoms with van der Waals surface area (Å²) in [6.07, 6.45) is 0.901. The number of benzene rings is 1. The van der Waals surface area contributed by atoms with Crippen LogP contribution in [0.2, 0.25) is 0 Å². The highest BCUT2D eigenvalue weighted by molar-refractivity contribution is 5.95. The van der Waals surface area contributed by atoms with Crippen LogP contribution >= 0.6 is 0 Å². The lowest BCUT2D eigenvalue weighted by atomic mass is 10.1. The summed E-state index contributed by atoms with van der Waals surface area (Å²) in [7, 11) is 1.51. The lowest BCUT2D eigenvalue weighted by Gasteiger charge is -2.10. The van der Waals surface area contributed by atoms with Crippen LogP contribution in [0, 0.1) is 22.0 Å². The minimum atomic E-state index is -0.465. The minimum Gasteiger partial charge on any atom is -0.380 e. The van der Waals surface area contributed by atoms with Gasteiger partial charge in [0.1, 0.15) is 0 Å². The van der Waals surface area contributed by atoms with Crippen LogP contribution < -0.4 is 5.32 Å². The standard InChI is InChI=1S/C13H16N2O4/c1-8-5-11(8)13(16)14-12-4-3-10(15(17)18)6-9(12)7-19-2/h3-4,6,8,11H,5,7H2,1-2H3,(H,14,16)/t8-,11-/m1/s1. The summed E-state index contributed by atoms with van der Waals surface area (Å²) < 4.78 is 5.01. The highest BCUT2D eigenvalue weighted by atomic mass is 16.6. The molecule has 6 heteroatoms. The van der Waals surface area contributed by atoms with Crippen LogP contribution in [-0.4, -0.2) is 17.9 Å². The van der Waals surface area contributed by atoms with E-state index in [1.165, 1.54) is 19.2 Å². The largest absolute Gasteiger partial charge is 0.380 e. The highest BCUT2D eigenvalue weighted by Crippen LogP contribution is 2.38. The summed E-state index contributed by atoms with van der Waals surface area (Å²) in [6, 6.07) is 4.36. The summed E-state index contributed by atoms with van der Waals surface area (Å²) >= 11 is 0. The number of nitrogens with one attached hydrogen (secondary N) is 1. The molecule has 0 spiro atoms. The van der Waals surface area contributed by atoms with Crippen molar-refractivity contribution in [2.75, 3.05) is 12.4 Å². The molecule has 0 unspecified atom stereocenters. The van der Waals surface area contributed by atoms with Crippen LogP contribution in [-0.2, 0) is 16.1 Å². The zero-order valence-electron chi connectivity index (χ0n) is 10.9. The number of carbonyl (C=O) groups excluding carboxylic acids is 1. The quantitative estimate of drug-likeness (QED) is 0.653. The molecular weight excluding hydrogens is 248 g/mol. The average Bonchev–Trinajstić information content (AvgIpc) is 3.08. The first-order valence-electron chi connectivity index (χ1n) is 6.10. The fourth-order valence-electron chi connectivity index (χ4n) is 2.00. The topological polar surface area (TPSA) is 81.5 Å². The van der Waals surface area contributed by atoms with E-state index in [-0.39, 0.29) is 24.1 Å². The summed E-state index contributed by atoms with van der Waals surface area (Å²) in [5.74, 6) is 0.452. The Morgan fingerprint density at radius 2 is 2.26 bits per heavy atom.